The number of hydrogen-bond acceptors (Lipinski definition) is 2. The molecular weight excluding hydrogens is 352 g/mol. The molecule has 0 radical (unpaired) electrons. The van der Waals surface area contributed by atoms with Crippen LogP contribution in [0.1, 0.15) is 28.8 Å². The van der Waals surface area contributed by atoms with Gasteiger partial charge in [-0.05, 0) is 23.3 Å². The Morgan fingerprint density at radius 2 is 1.00 bits per heavy atom. The molecule has 0 saturated heterocycles. The van der Waals surface area contributed by atoms with Gasteiger partial charge >= 0.3 is 0 Å². The van der Waals surface area contributed by atoms with Crippen LogP contribution in [0, 0.1) is 0 Å². The Hall–Kier alpha value is -3.65. The van der Waals surface area contributed by atoms with Crippen LogP contribution < -0.4 is 4.90 Å². The summed E-state index contributed by atoms with van der Waals surface area (Å²) in [5.41, 5.74) is 4.78. The molecule has 0 saturated carbocycles. The minimum absolute atomic E-state index is 0.0222. The number of hydrogen-bond donors (Lipinski definition) is 0. The average Bonchev–Trinajstić information content (AvgIpc) is 3.22. The largest absolute Gasteiger partial charge is 0.316 e. The lowest BCUT2D eigenvalue weighted by Crippen LogP contribution is -2.32. The molecule has 1 heterocycles. The minimum Gasteiger partial charge on any atom is -0.316 e. The summed E-state index contributed by atoms with van der Waals surface area (Å²) in [6, 6.07) is 42.5. The predicted molar refractivity (Wildman–Crippen MR) is 120 cm³/mol. The summed E-state index contributed by atoms with van der Waals surface area (Å²) in [7, 11) is 0. The molecule has 0 aromatic heterocycles. The van der Waals surface area contributed by atoms with E-state index in [4.69, 9.17) is 4.99 Å². The molecule has 0 spiro atoms. The lowest BCUT2D eigenvalue weighted by atomic mass is 9.93. The Labute approximate surface area is 171 Å². The van der Waals surface area contributed by atoms with E-state index in [2.05, 4.69) is 126 Å². The van der Waals surface area contributed by atoms with Gasteiger partial charge in [0.25, 0.3) is 0 Å². The van der Waals surface area contributed by atoms with Crippen LogP contribution >= 0.6 is 0 Å². The Balaban J connectivity index is 1.72. The molecule has 1 aliphatic heterocycles. The van der Waals surface area contributed by atoms with Crippen LogP contribution in [-0.2, 0) is 0 Å². The van der Waals surface area contributed by atoms with Crippen LogP contribution in [0.3, 0.4) is 0 Å². The van der Waals surface area contributed by atoms with Crippen LogP contribution in [0.25, 0.3) is 0 Å². The van der Waals surface area contributed by atoms with Crippen molar-refractivity contribution in [2.45, 2.75) is 12.1 Å². The normalized spacial score (nSPS) is 18.5. The molecule has 0 bridgehead atoms. The number of amidine groups is 1. The number of anilines is 1. The van der Waals surface area contributed by atoms with E-state index < -0.39 is 0 Å². The number of para-hydroxylation sites is 1. The molecule has 1 aliphatic rings. The Bertz CT molecular complexity index is 1090. The molecule has 0 N–H and O–H groups in total. The summed E-state index contributed by atoms with van der Waals surface area (Å²) in [5, 5.41) is 0. The summed E-state index contributed by atoms with van der Waals surface area (Å²) in [4.78, 5) is 7.68. The van der Waals surface area contributed by atoms with Crippen molar-refractivity contribution in [1.29, 1.82) is 0 Å². The molecule has 29 heavy (non-hydrogen) atoms. The van der Waals surface area contributed by atoms with Crippen molar-refractivity contribution in [3.05, 3.63) is 138 Å². The first-order valence-electron chi connectivity index (χ1n) is 9.99. The first-order valence-corrected chi connectivity index (χ1v) is 9.99. The fraction of sp³-hybridized carbons (Fsp3) is 0.0741. The number of nitrogens with zero attached hydrogens (tertiary/aromatic N) is 2. The fourth-order valence-electron chi connectivity index (χ4n) is 4.10. The maximum absolute atomic E-state index is 5.29. The molecule has 0 amide bonds. The second kappa shape index (κ2) is 7.76. The van der Waals surface area contributed by atoms with E-state index in [-0.39, 0.29) is 12.1 Å². The highest BCUT2D eigenvalue weighted by molar-refractivity contribution is 6.12. The zero-order chi connectivity index (χ0) is 19.5. The van der Waals surface area contributed by atoms with Gasteiger partial charge in [0.15, 0.2) is 0 Å². The van der Waals surface area contributed by atoms with Gasteiger partial charge in [0.05, 0.1) is 6.04 Å². The first kappa shape index (κ1) is 17.4. The van der Waals surface area contributed by atoms with Crippen LogP contribution in [0.5, 0.6) is 0 Å². The van der Waals surface area contributed by atoms with Crippen LogP contribution in [0.2, 0.25) is 0 Å². The van der Waals surface area contributed by atoms with Gasteiger partial charge in [-0.1, -0.05) is 109 Å². The molecule has 2 nitrogen and oxygen atoms in total. The van der Waals surface area contributed by atoms with E-state index >= 15 is 0 Å². The standard InChI is InChI=1S/C27H22N2/c1-5-13-21(14-6-1)25-26(22-15-7-2-8-16-22)29(24-19-11-4-12-20-24)27(28-25)23-17-9-3-10-18-23/h1-20,25-26H/t25-,26-/m0/s1. The van der Waals surface area contributed by atoms with Crippen molar-refractivity contribution in [2.24, 2.45) is 4.99 Å². The second-order valence-corrected chi connectivity index (χ2v) is 7.24. The lowest BCUT2D eigenvalue weighted by molar-refractivity contribution is 0.612. The fourth-order valence-corrected chi connectivity index (χ4v) is 4.10. The lowest BCUT2D eigenvalue weighted by Gasteiger charge is -2.31. The van der Waals surface area contributed by atoms with Crippen LogP contribution in [0.15, 0.2) is 126 Å². The van der Waals surface area contributed by atoms with Crippen molar-refractivity contribution in [3.8, 4) is 0 Å². The smallest absolute Gasteiger partial charge is 0.136 e. The molecule has 2 atom stereocenters. The highest BCUT2D eigenvalue weighted by Gasteiger charge is 2.39. The zero-order valence-corrected chi connectivity index (χ0v) is 16.1. The molecule has 0 aliphatic carbocycles. The van der Waals surface area contributed by atoms with E-state index in [0.29, 0.717) is 0 Å². The van der Waals surface area contributed by atoms with E-state index in [1.54, 1.807) is 0 Å². The minimum atomic E-state index is 0.0222. The third kappa shape index (κ3) is 3.34. The molecular formula is C27H22N2. The van der Waals surface area contributed by atoms with Gasteiger partial charge in [0.2, 0.25) is 0 Å². The molecule has 140 valence electrons. The monoisotopic (exact) mass is 374 g/mol. The van der Waals surface area contributed by atoms with Crippen molar-refractivity contribution in [1.82, 2.24) is 0 Å². The summed E-state index contributed by atoms with van der Waals surface area (Å²) in [5.74, 6) is 1.01. The van der Waals surface area contributed by atoms with Gasteiger partial charge in [0, 0.05) is 11.3 Å². The molecule has 0 fully saturated rings. The van der Waals surface area contributed by atoms with Crippen molar-refractivity contribution < 1.29 is 0 Å². The molecule has 5 rings (SSSR count). The van der Waals surface area contributed by atoms with Gasteiger partial charge < -0.3 is 4.90 Å². The SMILES string of the molecule is c1ccc(C2=N[C@@H](c3ccccc3)[C@H](c3ccccc3)N2c2ccccc2)cc1. The van der Waals surface area contributed by atoms with Crippen LogP contribution in [0.4, 0.5) is 5.69 Å². The maximum Gasteiger partial charge on any atom is 0.136 e. The Morgan fingerprint density at radius 1 is 0.517 bits per heavy atom. The van der Waals surface area contributed by atoms with E-state index in [1.165, 1.54) is 11.1 Å². The number of rotatable bonds is 4. The van der Waals surface area contributed by atoms with Gasteiger partial charge in [0.1, 0.15) is 11.9 Å². The van der Waals surface area contributed by atoms with Crippen molar-refractivity contribution >= 4 is 11.5 Å². The second-order valence-electron chi connectivity index (χ2n) is 7.24. The highest BCUT2D eigenvalue weighted by Crippen LogP contribution is 2.45. The quantitative estimate of drug-likeness (QED) is 0.401. The zero-order valence-electron chi connectivity index (χ0n) is 16.1. The summed E-state index contributed by atoms with van der Waals surface area (Å²) < 4.78 is 0. The summed E-state index contributed by atoms with van der Waals surface area (Å²) >= 11 is 0. The van der Waals surface area contributed by atoms with Crippen molar-refractivity contribution in [3.63, 3.8) is 0 Å². The third-order valence-electron chi connectivity index (χ3n) is 5.42. The van der Waals surface area contributed by atoms with Gasteiger partial charge in [-0.15, -0.1) is 0 Å². The van der Waals surface area contributed by atoms with Gasteiger partial charge in [-0.25, -0.2) is 0 Å². The predicted octanol–water partition coefficient (Wildman–Crippen LogP) is 6.44. The number of aliphatic imine (C=N–C) groups is 1. The van der Waals surface area contributed by atoms with Crippen molar-refractivity contribution in [2.75, 3.05) is 4.90 Å². The van der Waals surface area contributed by atoms with E-state index in [1.807, 2.05) is 0 Å². The van der Waals surface area contributed by atoms with Gasteiger partial charge in [-0.3, -0.25) is 4.99 Å². The van der Waals surface area contributed by atoms with Gasteiger partial charge in [-0.2, -0.15) is 0 Å². The molecule has 4 aromatic carbocycles. The van der Waals surface area contributed by atoms with Crippen LogP contribution in [-0.4, -0.2) is 5.84 Å². The summed E-state index contributed by atoms with van der Waals surface area (Å²) in [6.45, 7) is 0. The maximum atomic E-state index is 5.29. The summed E-state index contributed by atoms with van der Waals surface area (Å²) in [6.07, 6.45) is 0. The molecule has 2 heteroatoms. The Kier molecular flexibility index (Phi) is 4.67. The molecule has 4 aromatic rings. The Morgan fingerprint density at radius 3 is 1.59 bits per heavy atom. The highest BCUT2D eigenvalue weighted by atomic mass is 15.3. The molecule has 0 unspecified atom stereocenters. The number of benzene rings is 4. The topological polar surface area (TPSA) is 15.6 Å². The average molecular weight is 374 g/mol. The first-order chi connectivity index (χ1) is 14.4. The van der Waals surface area contributed by atoms with E-state index in [0.717, 1.165) is 17.1 Å². The van der Waals surface area contributed by atoms with E-state index in [9.17, 15) is 0 Å². The third-order valence-corrected chi connectivity index (χ3v) is 5.42.